The second-order valence-corrected chi connectivity index (χ2v) is 6.30. The van der Waals surface area contributed by atoms with E-state index in [4.69, 9.17) is 18.9 Å². The number of guanidine groups is 1. The molecule has 0 atom stereocenters. The molecular weight excluding hydrogens is 511 g/mol. The van der Waals surface area contributed by atoms with E-state index in [0.717, 1.165) is 24.5 Å². The minimum Gasteiger partial charge on any atom is -0.490 e. The molecule has 1 aromatic heterocycles. The fourth-order valence-corrected chi connectivity index (χ4v) is 2.53. The Kier molecular flexibility index (Phi) is 14.4. The highest BCUT2D eigenvalue weighted by atomic mass is 127. The molecule has 0 bridgehead atoms. The Morgan fingerprint density at radius 2 is 1.84 bits per heavy atom. The van der Waals surface area contributed by atoms with Crippen LogP contribution in [0, 0.1) is 0 Å². The van der Waals surface area contributed by atoms with Crippen LogP contribution in [0.25, 0.3) is 0 Å². The third-order valence-corrected chi connectivity index (χ3v) is 4.03. The average Bonchev–Trinajstić information content (AvgIpc) is 2.78. The second kappa shape index (κ2) is 16.6. The molecule has 0 amide bonds. The zero-order valence-corrected chi connectivity index (χ0v) is 20.8. The van der Waals surface area contributed by atoms with Crippen molar-refractivity contribution < 1.29 is 18.9 Å². The summed E-state index contributed by atoms with van der Waals surface area (Å²) in [5.41, 5.74) is 1.02. The molecule has 2 aromatic rings. The number of nitrogens with one attached hydrogen (secondary N) is 2. The molecule has 1 aromatic carbocycles. The molecule has 0 saturated carbocycles. The third kappa shape index (κ3) is 10.7. The summed E-state index contributed by atoms with van der Waals surface area (Å²) in [4.78, 5) is 8.61. The van der Waals surface area contributed by atoms with Crippen molar-refractivity contribution in [2.75, 3.05) is 47.1 Å². The van der Waals surface area contributed by atoms with Gasteiger partial charge in [0.05, 0.1) is 19.8 Å². The number of nitrogens with zero attached hydrogens (tertiary/aromatic N) is 2. The second-order valence-electron chi connectivity index (χ2n) is 6.30. The van der Waals surface area contributed by atoms with Crippen LogP contribution in [-0.2, 0) is 16.0 Å². The van der Waals surface area contributed by atoms with Crippen LogP contribution in [0.5, 0.6) is 17.4 Å². The van der Waals surface area contributed by atoms with Gasteiger partial charge in [0, 0.05) is 46.1 Å². The largest absolute Gasteiger partial charge is 0.490 e. The molecule has 0 saturated heterocycles. The maximum Gasteiger partial charge on any atom is 0.219 e. The summed E-state index contributed by atoms with van der Waals surface area (Å²) in [6.45, 7) is 5.82. The topological polar surface area (TPSA) is 86.2 Å². The highest BCUT2D eigenvalue weighted by Gasteiger charge is 2.06. The van der Waals surface area contributed by atoms with Crippen LogP contribution in [0.3, 0.4) is 0 Å². The Bertz CT molecular complexity index is 759. The molecule has 0 fully saturated rings. The molecule has 0 radical (unpaired) electrons. The zero-order chi connectivity index (χ0) is 21.4. The van der Waals surface area contributed by atoms with Gasteiger partial charge >= 0.3 is 0 Å². The number of para-hydroxylation sites is 2. The fraction of sp³-hybridized carbons (Fsp3) is 0.455. The quantitative estimate of drug-likeness (QED) is 0.173. The van der Waals surface area contributed by atoms with E-state index in [1.807, 2.05) is 43.3 Å². The summed E-state index contributed by atoms with van der Waals surface area (Å²) in [7, 11) is 3.41. The Morgan fingerprint density at radius 3 is 2.52 bits per heavy atom. The van der Waals surface area contributed by atoms with Gasteiger partial charge in [-0.3, -0.25) is 4.99 Å². The van der Waals surface area contributed by atoms with Crippen molar-refractivity contribution >= 4 is 29.9 Å². The van der Waals surface area contributed by atoms with Gasteiger partial charge < -0.3 is 29.6 Å². The van der Waals surface area contributed by atoms with Crippen LogP contribution in [0.4, 0.5) is 0 Å². The first-order valence-electron chi connectivity index (χ1n) is 10.1. The van der Waals surface area contributed by atoms with Crippen molar-refractivity contribution in [1.29, 1.82) is 0 Å². The van der Waals surface area contributed by atoms with E-state index in [-0.39, 0.29) is 24.0 Å². The van der Waals surface area contributed by atoms with E-state index in [2.05, 4.69) is 20.6 Å². The van der Waals surface area contributed by atoms with Gasteiger partial charge in [-0.15, -0.1) is 24.0 Å². The van der Waals surface area contributed by atoms with Gasteiger partial charge in [-0.2, -0.15) is 0 Å². The van der Waals surface area contributed by atoms with E-state index in [9.17, 15) is 0 Å². The Labute approximate surface area is 201 Å². The van der Waals surface area contributed by atoms with Gasteiger partial charge in [-0.25, -0.2) is 4.98 Å². The average molecular weight is 544 g/mol. The van der Waals surface area contributed by atoms with Crippen LogP contribution in [0.2, 0.25) is 0 Å². The number of aromatic nitrogens is 1. The summed E-state index contributed by atoms with van der Waals surface area (Å²) in [6, 6.07) is 11.4. The Hall–Kier alpha value is -2.11. The maximum absolute atomic E-state index is 5.85. The molecule has 2 N–H and O–H groups in total. The Morgan fingerprint density at radius 1 is 1.03 bits per heavy atom. The molecular formula is C22H33IN4O4. The van der Waals surface area contributed by atoms with Crippen LogP contribution < -0.4 is 20.1 Å². The molecule has 0 spiro atoms. The molecule has 2 rings (SSSR count). The van der Waals surface area contributed by atoms with Crippen LogP contribution in [0.15, 0.2) is 47.6 Å². The first kappa shape index (κ1) is 26.9. The fourth-order valence-electron chi connectivity index (χ4n) is 2.53. The van der Waals surface area contributed by atoms with Crippen LogP contribution >= 0.6 is 24.0 Å². The van der Waals surface area contributed by atoms with Crippen molar-refractivity contribution in [2.45, 2.75) is 19.9 Å². The van der Waals surface area contributed by atoms with Crippen molar-refractivity contribution in [1.82, 2.24) is 15.6 Å². The Balaban J connectivity index is 0.00000480. The van der Waals surface area contributed by atoms with Gasteiger partial charge in [0.25, 0.3) is 0 Å². The lowest BCUT2D eigenvalue weighted by molar-refractivity contribution is 0.0698. The normalized spacial score (nSPS) is 10.9. The zero-order valence-electron chi connectivity index (χ0n) is 18.4. The van der Waals surface area contributed by atoms with Gasteiger partial charge in [0.15, 0.2) is 17.5 Å². The number of pyridine rings is 1. The number of rotatable bonds is 13. The van der Waals surface area contributed by atoms with Gasteiger partial charge in [-0.1, -0.05) is 18.2 Å². The predicted octanol–water partition coefficient (Wildman–Crippen LogP) is 3.61. The summed E-state index contributed by atoms with van der Waals surface area (Å²) < 4.78 is 21.8. The summed E-state index contributed by atoms with van der Waals surface area (Å²) in [6.07, 6.45) is 2.67. The number of benzene rings is 1. The lowest BCUT2D eigenvalue weighted by Crippen LogP contribution is -2.37. The smallest absolute Gasteiger partial charge is 0.219 e. The molecule has 8 nitrogen and oxygen atoms in total. The highest BCUT2D eigenvalue weighted by Crippen LogP contribution is 2.30. The summed E-state index contributed by atoms with van der Waals surface area (Å²) in [5.74, 6) is 2.60. The van der Waals surface area contributed by atoms with E-state index in [1.54, 1.807) is 20.4 Å². The van der Waals surface area contributed by atoms with Crippen molar-refractivity contribution in [3.05, 3.63) is 48.2 Å². The summed E-state index contributed by atoms with van der Waals surface area (Å²) in [5, 5.41) is 6.53. The van der Waals surface area contributed by atoms with Crippen LogP contribution in [-0.4, -0.2) is 58.1 Å². The maximum atomic E-state index is 5.85. The molecule has 31 heavy (non-hydrogen) atoms. The minimum absolute atomic E-state index is 0. The molecule has 1 heterocycles. The highest BCUT2D eigenvalue weighted by molar-refractivity contribution is 14.0. The van der Waals surface area contributed by atoms with E-state index >= 15 is 0 Å². The number of halogens is 1. The molecule has 172 valence electrons. The minimum atomic E-state index is 0. The predicted molar refractivity (Wildman–Crippen MR) is 133 cm³/mol. The number of hydrogen-bond acceptors (Lipinski definition) is 6. The van der Waals surface area contributed by atoms with E-state index < -0.39 is 0 Å². The van der Waals surface area contributed by atoms with Gasteiger partial charge in [0.2, 0.25) is 5.88 Å². The molecule has 0 aliphatic heterocycles. The molecule has 0 aliphatic carbocycles. The van der Waals surface area contributed by atoms with E-state index in [0.29, 0.717) is 50.4 Å². The van der Waals surface area contributed by atoms with Crippen molar-refractivity contribution in [3.8, 4) is 17.4 Å². The monoisotopic (exact) mass is 544 g/mol. The summed E-state index contributed by atoms with van der Waals surface area (Å²) >= 11 is 0. The third-order valence-electron chi connectivity index (χ3n) is 4.03. The lowest BCUT2D eigenvalue weighted by Gasteiger charge is -2.13. The van der Waals surface area contributed by atoms with Crippen molar-refractivity contribution in [3.63, 3.8) is 0 Å². The van der Waals surface area contributed by atoms with Gasteiger partial charge in [0.1, 0.15) is 0 Å². The van der Waals surface area contributed by atoms with E-state index in [1.165, 1.54) is 0 Å². The SMILES string of the molecule is CCOc1ccccc1Oc1ccc(CNC(=NC)NCCCOCCOC)cn1.I. The molecule has 0 unspecified atom stereocenters. The van der Waals surface area contributed by atoms with Gasteiger partial charge in [-0.05, 0) is 31.0 Å². The molecule has 9 heteroatoms. The number of aliphatic imine (C=N–C) groups is 1. The standard InChI is InChI=1S/C22H32N4O4.HI/c1-4-29-19-8-5-6-9-20(19)30-21-11-10-18(16-25-21)17-26-22(23-2)24-12-7-13-28-15-14-27-3;/h5-6,8-11,16H,4,7,12-15,17H2,1-3H3,(H2,23,24,26);1H. The molecule has 0 aliphatic rings. The number of methoxy groups -OCH3 is 1. The first-order chi connectivity index (χ1) is 14.8. The number of hydrogen-bond donors (Lipinski definition) is 2. The van der Waals surface area contributed by atoms with Crippen LogP contribution in [0.1, 0.15) is 18.9 Å². The number of ether oxygens (including phenoxy) is 4. The van der Waals surface area contributed by atoms with Crippen molar-refractivity contribution in [2.24, 2.45) is 4.99 Å². The lowest BCUT2D eigenvalue weighted by atomic mass is 10.3. The first-order valence-corrected chi connectivity index (χ1v) is 10.1.